The first-order chi connectivity index (χ1) is 8.57. The van der Waals surface area contributed by atoms with Crippen LogP contribution in [0.3, 0.4) is 0 Å². The summed E-state index contributed by atoms with van der Waals surface area (Å²) < 4.78 is 0. The second kappa shape index (κ2) is 10.8. The van der Waals surface area contributed by atoms with Crippen LogP contribution in [-0.2, 0) is 4.79 Å². The van der Waals surface area contributed by atoms with Crippen molar-refractivity contribution in [2.45, 2.75) is 26.7 Å². The molecule has 1 amide bonds. The van der Waals surface area contributed by atoms with Gasteiger partial charge in [0.2, 0.25) is 5.91 Å². The standard InChI is InChI=1S/C15H26N2O/c1-5-6-7-8-9-10-12-17(4)13-11-16-15(18)14(2)3/h7-10H,2,5-6,11-13H2,1,3-4H3,(H,16,18). The van der Waals surface area contributed by atoms with Gasteiger partial charge in [0.25, 0.3) is 0 Å². The van der Waals surface area contributed by atoms with Gasteiger partial charge in [0, 0.05) is 25.2 Å². The monoisotopic (exact) mass is 250 g/mol. The third-order valence-corrected chi connectivity index (χ3v) is 2.42. The number of carbonyl (C=O) groups excluding carboxylic acids is 1. The van der Waals surface area contributed by atoms with E-state index in [2.05, 4.69) is 48.0 Å². The maximum absolute atomic E-state index is 11.2. The van der Waals surface area contributed by atoms with Crippen molar-refractivity contribution in [3.05, 3.63) is 36.5 Å². The number of unbranched alkanes of at least 4 members (excludes halogenated alkanes) is 1. The minimum absolute atomic E-state index is 0.0681. The summed E-state index contributed by atoms with van der Waals surface area (Å²) in [6.07, 6.45) is 10.8. The van der Waals surface area contributed by atoms with Gasteiger partial charge in [-0.3, -0.25) is 4.79 Å². The molecular weight excluding hydrogens is 224 g/mol. The molecule has 102 valence electrons. The summed E-state index contributed by atoms with van der Waals surface area (Å²) in [6.45, 7) is 9.85. The lowest BCUT2D eigenvalue weighted by Gasteiger charge is -2.14. The van der Waals surface area contributed by atoms with Crippen LogP contribution in [0, 0.1) is 0 Å². The van der Waals surface area contributed by atoms with Crippen molar-refractivity contribution in [1.29, 1.82) is 0 Å². The minimum atomic E-state index is -0.0681. The number of carbonyl (C=O) groups is 1. The first-order valence-electron chi connectivity index (χ1n) is 6.51. The number of amides is 1. The quantitative estimate of drug-likeness (QED) is 0.504. The summed E-state index contributed by atoms with van der Waals surface area (Å²) in [5.41, 5.74) is 0.554. The summed E-state index contributed by atoms with van der Waals surface area (Å²) in [7, 11) is 2.03. The van der Waals surface area contributed by atoms with Crippen LogP contribution in [0.15, 0.2) is 36.5 Å². The highest BCUT2D eigenvalue weighted by Gasteiger charge is 2.00. The molecule has 0 unspecified atom stereocenters. The molecule has 0 saturated carbocycles. The number of allylic oxidation sites excluding steroid dienone is 3. The molecule has 18 heavy (non-hydrogen) atoms. The van der Waals surface area contributed by atoms with E-state index in [1.54, 1.807) is 6.92 Å². The molecule has 0 aromatic rings. The number of nitrogens with one attached hydrogen (secondary N) is 1. The van der Waals surface area contributed by atoms with Crippen LogP contribution < -0.4 is 5.32 Å². The predicted molar refractivity (Wildman–Crippen MR) is 78.5 cm³/mol. The Bertz CT molecular complexity index is 306. The van der Waals surface area contributed by atoms with Crippen LogP contribution in [0.25, 0.3) is 0 Å². The molecule has 0 aliphatic rings. The molecule has 0 aromatic carbocycles. The van der Waals surface area contributed by atoms with E-state index in [9.17, 15) is 4.79 Å². The van der Waals surface area contributed by atoms with E-state index in [-0.39, 0.29) is 5.91 Å². The van der Waals surface area contributed by atoms with Crippen LogP contribution in [0.4, 0.5) is 0 Å². The zero-order valence-electron chi connectivity index (χ0n) is 11.9. The molecule has 0 bridgehead atoms. The Morgan fingerprint density at radius 1 is 1.33 bits per heavy atom. The molecular formula is C15H26N2O. The van der Waals surface area contributed by atoms with Gasteiger partial charge in [0.05, 0.1) is 0 Å². The van der Waals surface area contributed by atoms with Gasteiger partial charge >= 0.3 is 0 Å². The molecule has 3 nitrogen and oxygen atoms in total. The Hall–Kier alpha value is -1.35. The molecule has 0 rings (SSSR count). The topological polar surface area (TPSA) is 32.3 Å². The summed E-state index contributed by atoms with van der Waals surface area (Å²) in [5.74, 6) is -0.0681. The van der Waals surface area contributed by atoms with Crippen LogP contribution in [0.5, 0.6) is 0 Å². The van der Waals surface area contributed by atoms with Gasteiger partial charge in [-0.1, -0.05) is 44.2 Å². The largest absolute Gasteiger partial charge is 0.351 e. The lowest BCUT2D eigenvalue weighted by Crippen LogP contribution is -2.33. The maximum Gasteiger partial charge on any atom is 0.246 e. The fraction of sp³-hybridized carbons (Fsp3) is 0.533. The second-order valence-electron chi connectivity index (χ2n) is 4.44. The van der Waals surface area contributed by atoms with E-state index in [0.717, 1.165) is 19.5 Å². The normalized spacial score (nSPS) is 11.6. The summed E-state index contributed by atoms with van der Waals surface area (Å²) in [6, 6.07) is 0. The Morgan fingerprint density at radius 3 is 2.61 bits per heavy atom. The number of rotatable bonds is 9. The molecule has 0 saturated heterocycles. The smallest absolute Gasteiger partial charge is 0.246 e. The van der Waals surface area contributed by atoms with Crippen LogP contribution in [0.1, 0.15) is 26.7 Å². The van der Waals surface area contributed by atoms with E-state index >= 15 is 0 Å². The van der Waals surface area contributed by atoms with Gasteiger partial charge < -0.3 is 10.2 Å². The van der Waals surface area contributed by atoms with E-state index in [0.29, 0.717) is 12.1 Å². The number of likely N-dealkylation sites (N-methyl/N-ethyl adjacent to an activating group) is 1. The number of hydrogen-bond donors (Lipinski definition) is 1. The molecule has 0 spiro atoms. The van der Waals surface area contributed by atoms with E-state index in [1.165, 1.54) is 6.42 Å². The van der Waals surface area contributed by atoms with Gasteiger partial charge in [-0.15, -0.1) is 0 Å². The molecule has 0 heterocycles. The van der Waals surface area contributed by atoms with Gasteiger partial charge in [-0.2, -0.15) is 0 Å². The summed E-state index contributed by atoms with van der Waals surface area (Å²) in [4.78, 5) is 13.4. The van der Waals surface area contributed by atoms with Gasteiger partial charge in [-0.05, 0) is 20.4 Å². The number of nitrogens with zero attached hydrogens (tertiary/aromatic N) is 1. The Labute approximate surface area is 111 Å². The molecule has 0 aromatic heterocycles. The highest BCUT2D eigenvalue weighted by molar-refractivity contribution is 5.92. The van der Waals surface area contributed by atoms with Crippen molar-refractivity contribution in [3.8, 4) is 0 Å². The highest BCUT2D eigenvalue weighted by atomic mass is 16.1. The van der Waals surface area contributed by atoms with Crippen molar-refractivity contribution in [2.75, 3.05) is 26.7 Å². The van der Waals surface area contributed by atoms with Gasteiger partial charge in [-0.25, -0.2) is 0 Å². The maximum atomic E-state index is 11.2. The molecule has 3 heteroatoms. The lowest BCUT2D eigenvalue weighted by molar-refractivity contribution is -0.117. The van der Waals surface area contributed by atoms with Crippen molar-refractivity contribution >= 4 is 5.91 Å². The SMILES string of the molecule is C=C(C)C(=O)NCCN(C)CC=CC=CCCC. The fourth-order valence-electron chi connectivity index (χ4n) is 1.26. The van der Waals surface area contributed by atoms with Gasteiger partial charge in [0.15, 0.2) is 0 Å². The minimum Gasteiger partial charge on any atom is -0.351 e. The van der Waals surface area contributed by atoms with Crippen LogP contribution in [0.2, 0.25) is 0 Å². The van der Waals surface area contributed by atoms with E-state index in [1.807, 2.05) is 7.05 Å². The van der Waals surface area contributed by atoms with Crippen molar-refractivity contribution in [1.82, 2.24) is 10.2 Å². The molecule has 0 aliphatic carbocycles. The van der Waals surface area contributed by atoms with Crippen molar-refractivity contribution in [3.63, 3.8) is 0 Å². The van der Waals surface area contributed by atoms with Crippen LogP contribution >= 0.6 is 0 Å². The third-order valence-electron chi connectivity index (χ3n) is 2.42. The average molecular weight is 250 g/mol. The first kappa shape index (κ1) is 16.6. The second-order valence-corrected chi connectivity index (χ2v) is 4.44. The first-order valence-corrected chi connectivity index (χ1v) is 6.51. The molecule has 0 radical (unpaired) electrons. The van der Waals surface area contributed by atoms with Gasteiger partial charge in [0.1, 0.15) is 0 Å². The van der Waals surface area contributed by atoms with Crippen molar-refractivity contribution in [2.24, 2.45) is 0 Å². The number of hydrogen-bond acceptors (Lipinski definition) is 2. The van der Waals surface area contributed by atoms with E-state index < -0.39 is 0 Å². The highest BCUT2D eigenvalue weighted by Crippen LogP contribution is 1.90. The molecule has 0 aliphatic heterocycles. The third kappa shape index (κ3) is 9.85. The average Bonchev–Trinajstić information content (AvgIpc) is 2.33. The van der Waals surface area contributed by atoms with E-state index in [4.69, 9.17) is 0 Å². The fourth-order valence-corrected chi connectivity index (χ4v) is 1.26. The molecule has 1 N–H and O–H groups in total. The molecule has 0 fully saturated rings. The predicted octanol–water partition coefficient (Wildman–Crippen LogP) is 2.52. The lowest BCUT2D eigenvalue weighted by atomic mass is 10.3. The van der Waals surface area contributed by atoms with Crippen LogP contribution in [-0.4, -0.2) is 37.5 Å². The van der Waals surface area contributed by atoms with Crippen molar-refractivity contribution < 1.29 is 4.79 Å². The zero-order chi connectivity index (χ0) is 13.8. The summed E-state index contributed by atoms with van der Waals surface area (Å²) >= 11 is 0. The zero-order valence-corrected chi connectivity index (χ0v) is 11.9. The summed E-state index contributed by atoms with van der Waals surface area (Å²) in [5, 5.41) is 2.81. The Kier molecular flexibility index (Phi) is 9.97. The Balaban J connectivity index is 3.62. The molecule has 0 atom stereocenters. The Morgan fingerprint density at radius 2 is 2.00 bits per heavy atom.